The molecule has 1 atom stereocenters. The van der Waals surface area contributed by atoms with Crippen molar-refractivity contribution in [2.24, 2.45) is 0 Å². The number of fused-ring (bicyclic) bond motifs is 1. The van der Waals surface area contributed by atoms with Crippen molar-refractivity contribution >= 4 is 5.91 Å². The van der Waals surface area contributed by atoms with Crippen LogP contribution < -0.4 is 0 Å². The van der Waals surface area contributed by atoms with Crippen molar-refractivity contribution in [3.63, 3.8) is 0 Å². The van der Waals surface area contributed by atoms with Crippen LogP contribution >= 0.6 is 0 Å². The van der Waals surface area contributed by atoms with Crippen molar-refractivity contribution in [3.05, 3.63) is 99.9 Å². The second-order valence-electron chi connectivity index (χ2n) is 11.3. The molecule has 2 aromatic carbocycles. The number of piperazine rings is 1. The summed E-state index contributed by atoms with van der Waals surface area (Å²) in [5.74, 6) is -1.01. The largest absolute Gasteiger partial charge is 0.416 e. The topological polar surface area (TPSA) is 39.7 Å². The zero-order valence-electron chi connectivity index (χ0n) is 23.8. The first-order valence-electron chi connectivity index (χ1n) is 14.2. The van der Waals surface area contributed by atoms with Crippen LogP contribution in [0.5, 0.6) is 0 Å². The highest BCUT2D eigenvalue weighted by atomic mass is 19.4. The lowest BCUT2D eigenvalue weighted by atomic mass is 9.98. The molecule has 3 aromatic rings. The van der Waals surface area contributed by atoms with Crippen LogP contribution in [0.15, 0.2) is 60.8 Å². The molecule has 0 saturated carbocycles. The number of benzene rings is 2. The first-order valence-corrected chi connectivity index (χ1v) is 14.2. The number of hydrogen-bond donors (Lipinski definition) is 0. The minimum Gasteiger partial charge on any atom is -0.333 e. The van der Waals surface area contributed by atoms with Crippen LogP contribution in [0.1, 0.15) is 43.9 Å². The SMILES string of the molecule is O=C(c1cc(C(F)(F)F)cc(C(F)(F)F)c1)N1CCN(CCN2CCc3ncccc3C2)C[C@H]1Cc1ccc(C(F)(F)F)cc1. The Morgan fingerprint density at radius 1 is 0.756 bits per heavy atom. The highest BCUT2D eigenvalue weighted by molar-refractivity contribution is 5.95. The average molecular weight is 645 g/mol. The third kappa shape index (κ3) is 7.96. The van der Waals surface area contributed by atoms with E-state index in [1.54, 1.807) is 6.20 Å². The molecule has 14 heteroatoms. The molecule has 1 amide bonds. The third-order valence-electron chi connectivity index (χ3n) is 8.19. The van der Waals surface area contributed by atoms with Crippen molar-refractivity contribution in [1.29, 1.82) is 0 Å². The van der Waals surface area contributed by atoms with Crippen molar-refractivity contribution in [1.82, 2.24) is 19.7 Å². The summed E-state index contributed by atoms with van der Waals surface area (Å²) in [7, 11) is 0. The van der Waals surface area contributed by atoms with Crippen LogP contribution in [0, 0.1) is 0 Å². The Balaban J connectivity index is 1.37. The molecule has 1 fully saturated rings. The maximum absolute atomic E-state index is 13.6. The predicted molar refractivity (Wildman–Crippen MR) is 146 cm³/mol. The number of halogens is 9. The van der Waals surface area contributed by atoms with Gasteiger partial charge in [0, 0.05) is 75.7 Å². The Kier molecular flexibility index (Phi) is 9.18. The smallest absolute Gasteiger partial charge is 0.333 e. The van der Waals surface area contributed by atoms with Crippen LogP contribution in [0.4, 0.5) is 39.5 Å². The molecular formula is C31H29F9N4O. The maximum atomic E-state index is 13.6. The van der Waals surface area contributed by atoms with Crippen molar-refractivity contribution in [2.75, 3.05) is 39.3 Å². The van der Waals surface area contributed by atoms with Crippen LogP contribution in [-0.2, 0) is 37.9 Å². The van der Waals surface area contributed by atoms with Gasteiger partial charge in [0.2, 0.25) is 0 Å². The molecule has 1 aromatic heterocycles. The lowest BCUT2D eigenvalue weighted by Gasteiger charge is -2.42. The van der Waals surface area contributed by atoms with E-state index in [9.17, 15) is 44.3 Å². The summed E-state index contributed by atoms with van der Waals surface area (Å²) in [4.78, 5) is 23.5. The number of carbonyl (C=O) groups is 1. The van der Waals surface area contributed by atoms with E-state index in [-0.39, 0.29) is 25.6 Å². The summed E-state index contributed by atoms with van der Waals surface area (Å²) >= 11 is 0. The first-order chi connectivity index (χ1) is 21.1. The van der Waals surface area contributed by atoms with E-state index in [0.717, 1.165) is 36.4 Å². The number of nitrogens with zero attached hydrogens (tertiary/aromatic N) is 4. The molecule has 2 aliphatic heterocycles. The van der Waals surface area contributed by atoms with E-state index in [1.165, 1.54) is 17.0 Å². The van der Waals surface area contributed by atoms with Crippen LogP contribution in [0.3, 0.4) is 0 Å². The fraction of sp³-hybridized carbons (Fsp3) is 0.419. The molecule has 0 radical (unpaired) electrons. The maximum Gasteiger partial charge on any atom is 0.416 e. The second-order valence-corrected chi connectivity index (χ2v) is 11.3. The molecule has 0 bridgehead atoms. The number of pyridine rings is 1. The van der Waals surface area contributed by atoms with Gasteiger partial charge in [0.05, 0.1) is 16.7 Å². The van der Waals surface area contributed by atoms with Crippen molar-refractivity contribution < 1.29 is 44.3 Å². The van der Waals surface area contributed by atoms with Gasteiger partial charge >= 0.3 is 18.5 Å². The van der Waals surface area contributed by atoms with Gasteiger partial charge in [-0.15, -0.1) is 0 Å². The van der Waals surface area contributed by atoms with Gasteiger partial charge in [0.25, 0.3) is 5.91 Å². The molecule has 0 spiro atoms. The summed E-state index contributed by atoms with van der Waals surface area (Å²) in [6, 6.07) is 8.24. The highest BCUT2D eigenvalue weighted by Crippen LogP contribution is 2.37. The van der Waals surface area contributed by atoms with Gasteiger partial charge in [-0.25, -0.2) is 0 Å². The molecule has 1 saturated heterocycles. The molecule has 45 heavy (non-hydrogen) atoms. The van der Waals surface area contributed by atoms with Crippen LogP contribution in [0.2, 0.25) is 0 Å². The van der Waals surface area contributed by atoms with Crippen LogP contribution in [-0.4, -0.2) is 70.9 Å². The number of carbonyl (C=O) groups excluding carboxylic acids is 1. The minimum absolute atomic E-state index is 0.00842. The average Bonchev–Trinajstić information content (AvgIpc) is 2.98. The Morgan fingerprint density at radius 3 is 2.00 bits per heavy atom. The second kappa shape index (κ2) is 12.6. The zero-order valence-corrected chi connectivity index (χ0v) is 23.8. The van der Waals surface area contributed by atoms with Gasteiger partial charge in [0.1, 0.15) is 0 Å². The number of aromatic nitrogens is 1. The van der Waals surface area contributed by atoms with E-state index in [1.807, 2.05) is 17.0 Å². The molecule has 3 heterocycles. The molecule has 2 aliphatic rings. The Bertz CT molecular complexity index is 1470. The molecule has 5 rings (SSSR count). The summed E-state index contributed by atoms with van der Waals surface area (Å²) < 4.78 is 120. The van der Waals surface area contributed by atoms with E-state index < -0.39 is 52.7 Å². The molecule has 5 nitrogen and oxygen atoms in total. The van der Waals surface area contributed by atoms with E-state index in [4.69, 9.17) is 0 Å². The number of rotatable bonds is 6. The Hall–Kier alpha value is -3.65. The highest BCUT2D eigenvalue weighted by Gasteiger charge is 2.39. The van der Waals surface area contributed by atoms with Gasteiger partial charge in [-0.3, -0.25) is 19.6 Å². The van der Waals surface area contributed by atoms with Gasteiger partial charge in [0.15, 0.2) is 0 Å². The molecule has 0 aliphatic carbocycles. The summed E-state index contributed by atoms with van der Waals surface area (Å²) in [5, 5.41) is 0. The summed E-state index contributed by atoms with van der Waals surface area (Å²) in [6.45, 7) is 3.27. The zero-order chi connectivity index (χ0) is 32.6. The molecular weight excluding hydrogens is 615 g/mol. The quantitative estimate of drug-likeness (QED) is 0.285. The van der Waals surface area contributed by atoms with E-state index >= 15 is 0 Å². The lowest BCUT2D eigenvalue weighted by molar-refractivity contribution is -0.143. The first kappa shape index (κ1) is 32.7. The van der Waals surface area contributed by atoms with Crippen molar-refractivity contribution in [2.45, 2.75) is 44.0 Å². The van der Waals surface area contributed by atoms with E-state index in [2.05, 4.69) is 9.88 Å². The molecule has 0 N–H and O–H groups in total. The fourth-order valence-electron chi connectivity index (χ4n) is 5.81. The lowest BCUT2D eigenvalue weighted by Crippen LogP contribution is -2.57. The van der Waals surface area contributed by atoms with Crippen LogP contribution in [0.25, 0.3) is 0 Å². The number of alkyl halides is 9. The number of hydrogen-bond acceptors (Lipinski definition) is 4. The Labute approximate surface area is 253 Å². The Morgan fingerprint density at radius 2 is 1.38 bits per heavy atom. The van der Waals surface area contributed by atoms with Gasteiger partial charge < -0.3 is 4.90 Å². The summed E-state index contributed by atoms with van der Waals surface area (Å²) in [6.07, 6.45) is -12.2. The molecule has 0 unspecified atom stereocenters. The fourth-order valence-corrected chi connectivity index (χ4v) is 5.81. The predicted octanol–water partition coefficient (Wildman–Crippen LogP) is 6.57. The third-order valence-corrected chi connectivity index (χ3v) is 8.19. The normalized spacial score (nSPS) is 18.6. The van der Waals surface area contributed by atoms with Gasteiger partial charge in [-0.2, -0.15) is 39.5 Å². The van der Waals surface area contributed by atoms with Gasteiger partial charge in [-0.05, 0) is 53.9 Å². The molecule has 242 valence electrons. The summed E-state index contributed by atoms with van der Waals surface area (Å²) in [5.41, 5.74) is -2.23. The monoisotopic (exact) mass is 644 g/mol. The number of amides is 1. The minimum atomic E-state index is -5.13. The van der Waals surface area contributed by atoms with Gasteiger partial charge in [-0.1, -0.05) is 18.2 Å². The standard InChI is InChI=1S/C31H29F9N4O/c32-29(33,34)23-5-3-20(4-6-23)14-26-19-43(11-10-42-9-7-27-21(18-42)2-1-8-41-27)12-13-44(26)28(45)22-15-24(30(35,36)37)17-25(16-22)31(38,39)40/h1-6,8,15-17,26H,7,9-14,18-19H2/t26-/m1/s1. The van der Waals surface area contributed by atoms with Crippen molar-refractivity contribution in [3.8, 4) is 0 Å². The van der Waals surface area contributed by atoms with E-state index in [0.29, 0.717) is 43.9 Å².